The first-order chi connectivity index (χ1) is 8.48. The molecule has 0 atom stereocenters. The molecule has 0 radical (unpaired) electrons. The van der Waals surface area contributed by atoms with E-state index in [1.54, 1.807) is 25.1 Å². The van der Waals surface area contributed by atoms with Crippen LogP contribution in [-0.4, -0.2) is 38.2 Å². The Morgan fingerprint density at radius 1 is 1.39 bits per heavy atom. The second kappa shape index (κ2) is 4.41. The van der Waals surface area contributed by atoms with Crippen molar-refractivity contribution in [3.63, 3.8) is 0 Å². The van der Waals surface area contributed by atoms with Gasteiger partial charge in [-0.2, -0.15) is 0 Å². The first-order valence-corrected chi connectivity index (χ1v) is 6.76. The molecule has 1 aliphatic heterocycles. The lowest BCUT2D eigenvalue weighted by molar-refractivity contribution is -0.135. The first-order valence-electron chi connectivity index (χ1n) is 5.32. The van der Waals surface area contributed by atoms with Crippen LogP contribution in [0.15, 0.2) is 34.2 Å². The number of amidine groups is 1. The van der Waals surface area contributed by atoms with Gasteiger partial charge in [0.2, 0.25) is 5.84 Å². The number of hydrogen-bond acceptors (Lipinski definition) is 5. The third kappa shape index (κ3) is 1.86. The van der Waals surface area contributed by atoms with Gasteiger partial charge in [0.15, 0.2) is 0 Å². The summed E-state index contributed by atoms with van der Waals surface area (Å²) >= 11 is 0. The van der Waals surface area contributed by atoms with Gasteiger partial charge in [0.1, 0.15) is 4.90 Å². The number of fused-ring (bicyclic) bond motifs is 1. The van der Waals surface area contributed by atoms with E-state index in [0.29, 0.717) is 0 Å². The average molecular weight is 268 g/mol. The van der Waals surface area contributed by atoms with Crippen LogP contribution in [-0.2, 0) is 19.6 Å². The average Bonchev–Trinajstić information content (AvgIpc) is 2.34. The predicted octanol–water partition coefficient (Wildman–Crippen LogP) is 0.914. The minimum atomic E-state index is -3.73. The van der Waals surface area contributed by atoms with Gasteiger partial charge in [0.25, 0.3) is 10.0 Å². The molecule has 2 rings (SSSR count). The fourth-order valence-electron chi connectivity index (χ4n) is 1.58. The van der Waals surface area contributed by atoms with Crippen LogP contribution in [0.5, 0.6) is 0 Å². The molecule has 0 aliphatic carbocycles. The number of rotatable bonds is 2. The van der Waals surface area contributed by atoms with Crippen LogP contribution >= 0.6 is 0 Å². The normalized spacial score (nSPS) is 16.8. The van der Waals surface area contributed by atoms with Crippen LogP contribution in [0.1, 0.15) is 6.92 Å². The lowest BCUT2D eigenvalue weighted by atomic mass is 10.3. The molecule has 0 spiro atoms. The van der Waals surface area contributed by atoms with Crippen molar-refractivity contribution in [2.45, 2.75) is 11.8 Å². The largest absolute Gasteiger partial charge is 0.460 e. The number of hydrogen-bond donors (Lipinski definition) is 0. The van der Waals surface area contributed by atoms with Crippen molar-refractivity contribution < 1.29 is 17.9 Å². The summed E-state index contributed by atoms with van der Waals surface area (Å²) in [5.41, 5.74) is 0.249. The van der Waals surface area contributed by atoms with Gasteiger partial charge in [-0.1, -0.05) is 12.1 Å². The van der Waals surface area contributed by atoms with E-state index in [9.17, 15) is 13.2 Å². The summed E-state index contributed by atoms with van der Waals surface area (Å²) in [5.74, 6) is -0.978. The minimum Gasteiger partial charge on any atom is -0.460 e. The van der Waals surface area contributed by atoms with Crippen molar-refractivity contribution >= 4 is 27.5 Å². The van der Waals surface area contributed by atoms with Crippen molar-refractivity contribution in [2.75, 3.05) is 13.7 Å². The Balaban J connectivity index is 2.59. The Kier molecular flexibility index (Phi) is 3.08. The van der Waals surface area contributed by atoms with Gasteiger partial charge >= 0.3 is 5.97 Å². The summed E-state index contributed by atoms with van der Waals surface area (Å²) in [4.78, 5) is 15.8. The lowest BCUT2D eigenvalue weighted by Crippen LogP contribution is -2.41. The summed E-state index contributed by atoms with van der Waals surface area (Å²) in [6, 6.07) is 6.26. The maximum absolute atomic E-state index is 12.2. The molecule has 0 saturated heterocycles. The number of nitrogens with zero attached hydrogens (tertiary/aromatic N) is 2. The highest BCUT2D eigenvalue weighted by Crippen LogP contribution is 2.31. The van der Waals surface area contributed by atoms with E-state index in [0.717, 1.165) is 4.31 Å². The number of ether oxygens (including phenoxy) is 1. The van der Waals surface area contributed by atoms with Crippen LogP contribution in [0.3, 0.4) is 0 Å². The van der Waals surface area contributed by atoms with Gasteiger partial charge in [-0.15, -0.1) is 0 Å². The van der Waals surface area contributed by atoms with Crippen LogP contribution < -0.4 is 0 Å². The Hall–Kier alpha value is -1.89. The molecule has 1 aromatic carbocycles. The number of esters is 1. The number of benzene rings is 1. The molecule has 0 unspecified atom stereocenters. The Morgan fingerprint density at radius 3 is 2.72 bits per heavy atom. The maximum atomic E-state index is 12.2. The SMILES string of the molecule is CCOC(=O)C1=Nc2ccccc2S(=O)(=O)N1C. The van der Waals surface area contributed by atoms with Gasteiger partial charge in [0.05, 0.1) is 12.3 Å². The van der Waals surface area contributed by atoms with E-state index >= 15 is 0 Å². The third-order valence-electron chi connectivity index (χ3n) is 2.49. The molecule has 0 amide bonds. The summed E-state index contributed by atoms with van der Waals surface area (Å²) in [5, 5.41) is 0. The fourth-order valence-corrected chi connectivity index (χ4v) is 2.85. The monoisotopic (exact) mass is 268 g/mol. The number of para-hydroxylation sites is 1. The number of carbonyl (C=O) groups excluding carboxylic acids is 1. The number of aliphatic imine (C=N–C) groups is 1. The zero-order valence-corrected chi connectivity index (χ0v) is 10.8. The molecule has 6 nitrogen and oxygen atoms in total. The predicted molar refractivity (Wildman–Crippen MR) is 65.1 cm³/mol. The van der Waals surface area contributed by atoms with E-state index in [1.807, 2.05) is 0 Å². The van der Waals surface area contributed by atoms with Crippen LogP contribution in [0.2, 0.25) is 0 Å². The summed E-state index contributed by atoms with van der Waals surface area (Å²) in [6.45, 7) is 1.80. The molecule has 0 aromatic heterocycles. The zero-order valence-electron chi connectivity index (χ0n) is 9.95. The second-order valence-electron chi connectivity index (χ2n) is 3.60. The number of sulfonamides is 1. The molecule has 18 heavy (non-hydrogen) atoms. The van der Waals surface area contributed by atoms with Crippen molar-refractivity contribution in [1.82, 2.24) is 4.31 Å². The molecule has 96 valence electrons. The molecule has 7 heteroatoms. The van der Waals surface area contributed by atoms with Gasteiger partial charge in [-0.3, -0.25) is 0 Å². The molecule has 0 bridgehead atoms. The molecular formula is C11H12N2O4S. The van der Waals surface area contributed by atoms with Crippen molar-refractivity contribution in [3.05, 3.63) is 24.3 Å². The van der Waals surface area contributed by atoms with Crippen LogP contribution in [0, 0.1) is 0 Å². The van der Waals surface area contributed by atoms with Gasteiger partial charge in [0, 0.05) is 7.05 Å². The topological polar surface area (TPSA) is 76.0 Å². The fraction of sp³-hybridized carbons (Fsp3) is 0.273. The van der Waals surface area contributed by atoms with E-state index in [1.165, 1.54) is 13.1 Å². The van der Waals surface area contributed by atoms with Crippen molar-refractivity contribution in [1.29, 1.82) is 0 Å². The van der Waals surface area contributed by atoms with Crippen molar-refractivity contribution in [3.8, 4) is 0 Å². The Morgan fingerprint density at radius 2 is 2.06 bits per heavy atom. The smallest absolute Gasteiger partial charge is 0.375 e. The standard InChI is InChI=1S/C11H12N2O4S/c1-3-17-11(14)10-12-8-6-4-5-7-9(8)18(15,16)13(10)2/h4-7H,3H2,1-2H3. The highest BCUT2D eigenvalue weighted by Gasteiger charge is 2.35. The first kappa shape index (κ1) is 12.6. The van der Waals surface area contributed by atoms with Gasteiger partial charge in [-0.05, 0) is 19.1 Å². The lowest BCUT2D eigenvalue weighted by Gasteiger charge is -2.24. The molecule has 0 fully saturated rings. The molecule has 1 aromatic rings. The summed E-state index contributed by atoms with van der Waals surface area (Å²) < 4.78 is 29.9. The molecular weight excluding hydrogens is 256 g/mol. The van der Waals surface area contributed by atoms with Crippen LogP contribution in [0.25, 0.3) is 0 Å². The van der Waals surface area contributed by atoms with Gasteiger partial charge < -0.3 is 4.74 Å². The summed E-state index contributed by atoms with van der Waals surface area (Å²) in [7, 11) is -2.45. The number of carbonyl (C=O) groups is 1. The quantitative estimate of drug-likeness (QED) is 0.747. The second-order valence-corrected chi connectivity index (χ2v) is 5.53. The Bertz CT molecular complexity index is 622. The molecule has 1 heterocycles. The number of likely N-dealkylation sites (N-methyl/N-ethyl adjacent to an activating group) is 1. The minimum absolute atomic E-state index is 0.0838. The van der Waals surface area contributed by atoms with E-state index in [-0.39, 0.29) is 23.0 Å². The van der Waals surface area contributed by atoms with E-state index in [2.05, 4.69) is 4.99 Å². The van der Waals surface area contributed by atoms with Crippen molar-refractivity contribution in [2.24, 2.45) is 4.99 Å². The van der Waals surface area contributed by atoms with E-state index < -0.39 is 16.0 Å². The molecule has 0 N–H and O–H groups in total. The highest BCUT2D eigenvalue weighted by atomic mass is 32.2. The zero-order chi connectivity index (χ0) is 13.3. The summed E-state index contributed by atoms with van der Waals surface area (Å²) in [6.07, 6.45) is 0. The highest BCUT2D eigenvalue weighted by molar-refractivity contribution is 7.90. The molecule has 1 aliphatic rings. The van der Waals surface area contributed by atoms with Crippen LogP contribution in [0.4, 0.5) is 5.69 Å². The van der Waals surface area contributed by atoms with Gasteiger partial charge in [-0.25, -0.2) is 22.5 Å². The van der Waals surface area contributed by atoms with E-state index in [4.69, 9.17) is 4.74 Å². The third-order valence-corrected chi connectivity index (χ3v) is 4.28. The maximum Gasteiger partial charge on any atom is 0.375 e. The Labute approximate surface area is 105 Å². The molecule has 0 saturated carbocycles.